The molecule has 7 heteroatoms. The van der Waals surface area contributed by atoms with Crippen LogP contribution < -0.4 is 5.11 Å². The molecule has 0 radical (unpaired) electrons. The van der Waals surface area contributed by atoms with Crippen molar-refractivity contribution in [1.82, 2.24) is 0 Å². The fourth-order valence-electron chi connectivity index (χ4n) is 2.01. The number of carboxylic acids is 1. The summed E-state index contributed by atoms with van der Waals surface area (Å²) in [6, 6.07) is 0. The van der Waals surface area contributed by atoms with Crippen LogP contribution in [-0.2, 0) is 19.0 Å². The second kappa shape index (κ2) is 6.18. The van der Waals surface area contributed by atoms with Gasteiger partial charge in [0.1, 0.15) is 24.4 Å². The van der Waals surface area contributed by atoms with Crippen molar-refractivity contribution in [2.45, 2.75) is 83.5 Å². The van der Waals surface area contributed by atoms with Crippen molar-refractivity contribution in [3.63, 3.8) is 0 Å². The van der Waals surface area contributed by atoms with Crippen molar-refractivity contribution in [2.75, 3.05) is 0 Å². The number of carboxylic acid groups (broad SMARTS) is 1. The molecule has 7 nitrogen and oxygen atoms in total. The summed E-state index contributed by atoms with van der Waals surface area (Å²) >= 11 is 0. The van der Waals surface area contributed by atoms with Gasteiger partial charge in [-0.2, -0.15) is 0 Å². The van der Waals surface area contributed by atoms with Crippen LogP contribution in [0.1, 0.15) is 41.5 Å². The van der Waals surface area contributed by atoms with Gasteiger partial charge >= 0.3 is 0 Å². The predicted octanol–water partition coefficient (Wildman–Crippen LogP) is -0.818. The van der Waals surface area contributed by atoms with Gasteiger partial charge in [-0.05, 0) is 41.5 Å². The van der Waals surface area contributed by atoms with Gasteiger partial charge in [0, 0.05) is 0 Å². The van der Waals surface area contributed by atoms with E-state index in [1.165, 1.54) is 0 Å². The van der Waals surface area contributed by atoms with E-state index in [1.54, 1.807) is 41.5 Å². The van der Waals surface area contributed by atoms with Crippen LogP contribution in [0.4, 0.5) is 0 Å². The Balaban J connectivity index is 2.97. The standard InChI is InChI=1S/C14H26O7/c1-13(2,3)20-9-7(15)8(16)12(21-14(4,5)6)19-10(9)11(17)18/h7-10,12,15-16H,1-6H3,(H,17,18)/p-1/t7-,8?,9+,10?,12+/m1/s1. The van der Waals surface area contributed by atoms with E-state index >= 15 is 0 Å². The van der Waals surface area contributed by atoms with E-state index in [4.69, 9.17) is 14.2 Å². The normalized spacial score (nSPS) is 34.8. The van der Waals surface area contributed by atoms with E-state index in [2.05, 4.69) is 0 Å². The van der Waals surface area contributed by atoms with Crippen molar-refractivity contribution in [3.8, 4) is 0 Å². The molecule has 1 aliphatic rings. The lowest BCUT2D eigenvalue weighted by molar-refractivity contribution is -0.363. The average molecular weight is 305 g/mol. The van der Waals surface area contributed by atoms with Gasteiger partial charge in [0.15, 0.2) is 6.29 Å². The van der Waals surface area contributed by atoms with Crippen molar-refractivity contribution >= 4 is 5.97 Å². The van der Waals surface area contributed by atoms with Crippen molar-refractivity contribution in [1.29, 1.82) is 0 Å². The van der Waals surface area contributed by atoms with Gasteiger partial charge in [0.2, 0.25) is 0 Å². The highest BCUT2D eigenvalue weighted by molar-refractivity contribution is 5.71. The Kier molecular flexibility index (Phi) is 5.39. The maximum atomic E-state index is 11.2. The number of rotatable bonds is 3. The average Bonchev–Trinajstić information content (AvgIpc) is 2.25. The van der Waals surface area contributed by atoms with E-state index < -0.39 is 47.9 Å². The Hall–Kier alpha value is -0.730. The number of carbonyl (C=O) groups is 1. The van der Waals surface area contributed by atoms with E-state index in [-0.39, 0.29) is 0 Å². The Morgan fingerprint density at radius 2 is 1.48 bits per heavy atom. The number of aliphatic carboxylic acids is 1. The molecule has 0 spiro atoms. The third kappa shape index (κ3) is 5.19. The first kappa shape index (κ1) is 18.3. The zero-order valence-electron chi connectivity index (χ0n) is 13.3. The van der Waals surface area contributed by atoms with Crippen LogP contribution in [0.5, 0.6) is 0 Å². The minimum Gasteiger partial charge on any atom is -0.547 e. The molecule has 2 N–H and O–H groups in total. The Labute approximate surface area is 124 Å². The van der Waals surface area contributed by atoms with Gasteiger partial charge in [0.05, 0.1) is 17.2 Å². The summed E-state index contributed by atoms with van der Waals surface area (Å²) in [5.74, 6) is -1.53. The number of aliphatic hydroxyl groups is 2. The topological polar surface area (TPSA) is 108 Å². The van der Waals surface area contributed by atoms with E-state index in [0.717, 1.165) is 0 Å². The molecule has 0 amide bonds. The van der Waals surface area contributed by atoms with Gasteiger partial charge in [0.25, 0.3) is 0 Å². The molecule has 2 unspecified atom stereocenters. The highest BCUT2D eigenvalue weighted by Crippen LogP contribution is 2.29. The lowest BCUT2D eigenvalue weighted by Gasteiger charge is -2.46. The monoisotopic (exact) mass is 305 g/mol. The largest absolute Gasteiger partial charge is 0.547 e. The summed E-state index contributed by atoms with van der Waals surface area (Å²) in [6.07, 6.45) is -6.94. The molecule has 1 heterocycles. The van der Waals surface area contributed by atoms with Crippen LogP contribution in [0.2, 0.25) is 0 Å². The molecular weight excluding hydrogens is 280 g/mol. The zero-order valence-corrected chi connectivity index (χ0v) is 13.3. The lowest BCUT2D eigenvalue weighted by atomic mass is 9.97. The first-order chi connectivity index (χ1) is 9.32. The number of aliphatic hydroxyl groups excluding tert-OH is 2. The molecule has 0 saturated carbocycles. The number of carbonyl (C=O) groups excluding carboxylic acids is 1. The van der Waals surface area contributed by atoms with Gasteiger partial charge in [-0.25, -0.2) is 0 Å². The first-order valence-electron chi connectivity index (χ1n) is 6.90. The first-order valence-corrected chi connectivity index (χ1v) is 6.90. The smallest absolute Gasteiger partial charge is 0.187 e. The minimum absolute atomic E-state index is 0.681. The summed E-state index contributed by atoms with van der Waals surface area (Å²) in [7, 11) is 0. The summed E-state index contributed by atoms with van der Waals surface area (Å²) < 4.78 is 16.2. The van der Waals surface area contributed by atoms with E-state index in [0.29, 0.717) is 0 Å². The van der Waals surface area contributed by atoms with Gasteiger partial charge in [-0.1, -0.05) is 0 Å². The molecule has 0 bridgehead atoms. The van der Waals surface area contributed by atoms with Crippen LogP contribution in [-0.4, -0.2) is 58.1 Å². The Morgan fingerprint density at radius 3 is 1.86 bits per heavy atom. The molecule has 21 heavy (non-hydrogen) atoms. The highest BCUT2D eigenvalue weighted by Gasteiger charge is 2.48. The van der Waals surface area contributed by atoms with Gasteiger partial charge in [-0.3, -0.25) is 0 Å². The maximum Gasteiger partial charge on any atom is 0.187 e. The number of hydrogen-bond donors (Lipinski definition) is 2. The predicted molar refractivity (Wildman–Crippen MR) is 71.1 cm³/mol. The Bertz CT molecular complexity index is 368. The Morgan fingerprint density at radius 1 is 1.00 bits per heavy atom. The quantitative estimate of drug-likeness (QED) is 0.701. The third-order valence-electron chi connectivity index (χ3n) is 2.74. The van der Waals surface area contributed by atoms with Crippen molar-refractivity contribution < 1.29 is 34.3 Å². The molecule has 1 fully saturated rings. The summed E-state index contributed by atoms with van der Waals surface area (Å²) in [6.45, 7) is 10.3. The summed E-state index contributed by atoms with van der Waals surface area (Å²) in [5.41, 5.74) is -1.40. The molecule has 1 aliphatic heterocycles. The van der Waals surface area contributed by atoms with Gasteiger partial charge < -0.3 is 34.3 Å². The van der Waals surface area contributed by atoms with Crippen LogP contribution in [0.15, 0.2) is 0 Å². The molecule has 1 rings (SSSR count). The molecule has 0 aromatic carbocycles. The van der Waals surface area contributed by atoms with Gasteiger partial charge in [-0.15, -0.1) is 0 Å². The molecule has 0 aliphatic carbocycles. The van der Waals surface area contributed by atoms with Crippen LogP contribution in [0.3, 0.4) is 0 Å². The fourth-order valence-corrected chi connectivity index (χ4v) is 2.01. The van der Waals surface area contributed by atoms with Crippen LogP contribution >= 0.6 is 0 Å². The van der Waals surface area contributed by atoms with Crippen molar-refractivity contribution in [3.05, 3.63) is 0 Å². The second-order valence-corrected chi connectivity index (χ2v) is 7.15. The summed E-state index contributed by atoms with van der Waals surface area (Å²) in [5, 5.41) is 31.5. The fraction of sp³-hybridized carbons (Fsp3) is 0.929. The zero-order chi connectivity index (χ0) is 16.6. The molecular formula is C14H25O7-. The van der Waals surface area contributed by atoms with Crippen LogP contribution in [0.25, 0.3) is 0 Å². The molecule has 124 valence electrons. The van der Waals surface area contributed by atoms with E-state index in [1.807, 2.05) is 0 Å². The lowest BCUT2D eigenvalue weighted by Crippen LogP contribution is -2.65. The molecule has 0 aromatic rings. The number of ether oxygens (including phenoxy) is 3. The second-order valence-electron chi connectivity index (χ2n) is 7.15. The number of hydrogen-bond acceptors (Lipinski definition) is 7. The molecule has 5 atom stereocenters. The maximum absolute atomic E-state index is 11.2. The van der Waals surface area contributed by atoms with Crippen LogP contribution in [0, 0.1) is 0 Å². The summed E-state index contributed by atoms with van der Waals surface area (Å²) in [4.78, 5) is 11.2. The molecule has 1 saturated heterocycles. The third-order valence-corrected chi connectivity index (χ3v) is 2.74. The van der Waals surface area contributed by atoms with Crippen molar-refractivity contribution in [2.24, 2.45) is 0 Å². The minimum atomic E-state index is -1.53. The molecule has 0 aromatic heterocycles. The highest BCUT2D eigenvalue weighted by atomic mass is 16.7. The SMILES string of the molecule is CC(C)(C)O[C@@H]1OC(C(=O)[O-])[C@@H](OC(C)(C)C)[C@H](O)C1O. The van der Waals surface area contributed by atoms with E-state index in [9.17, 15) is 20.1 Å².